The van der Waals surface area contributed by atoms with Gasteiger partial charge in [0.1, 0.15) is 23.9 Å². The number of epoxide rings is 1. The first-order chi connectivity index (χ1) is 24.8. The number of allylic oxidation sites excluding steroid dienone is 2. The van der Waals surface area contributed by atoms with Crippen LogP contribution in [0.1, 0.15) is 79.7 Å². The minimum atomic E-state index is -1.47. The number of aliphatic hydroxyl groups is 3. The summed E-state index contributed by atoms with van der Waals surface area (Å²) in [6.07, 6.45) is 6.05. The third kappa shape index (κ3) is 14.4. The summed E-state index contributed by atoms with van der Waals surface area (Å²) >= 11 is 12.6. The number of halogens is 2. The van der Waals surface area contributed by atoms with Crippen LogP contribution in [0.4, 0.5) is 0 Å². The summed E-state index contributed by atoms with van der Waals surface area (Å²) in [4.78, 5) is 33.1. The lowest BCUT2D eigenvalue weighted by Gasteiger charge is -2.32. The average molecular weight is 787 g/mol. The van der Waals surface area contributed by atoms with Crippen LogP contribution in [-0.4, -0.2) is 99.8 Å². The van der Waals surface area contributed by atoms with Gasteiger partial charge in [0, 0.05) is 42.5 Å². The number of methoxy groups -OCH3 is 1. The largest absolute Gasteiger partial charge is 0.483 e. The molecule has 2 aliphatic heterocycles. The van der Waals surface area contributed by atoms with Crippen molar-refractivity contribution in [1.82, 2.24) is 5.32 Å². The Morgan fingerprint density at radius 3 is 2.47 bits per heavy atom. The Morgan fingerprint density at radius 1 is 1.23 bits per heavy atom. The zero-order chi connectivity index (χ0) is 40.1. The molecule has 1 aromatic rings. The van der Waals surface area contributed by atoms with Crippen molar-refractivity contribution in [3.05, 3.63) is 69.8 Å². The van der Waals surface area contributed by atoms with Crippen molar-refractivity contribution in [2.75, 3.05) is 7.11 Å². The molecule has 0 radical (unpaired) electrons. The number of carbonyl (C=O) groups excluding carboxylic acids is 2. The molecule has 1 fully saturated rings. The Morgan fingerprint density at radius 2 is 1.89 bits per heavy atom. The van der Waals surface area contributed by atoms with Crippen LogP contribution in [0.2, 0.25) is 10.0 Å². The SMILES string of the molecule is CC[C@H](OC)[C@@H](C)[C@H]1O[C@@H]1C(NCc1ccc(Cl)cc1Cl)C(C)(O)/C=C/C=C(\C)C1OC(=O)C[C@H](O)CC[C@@](C)(O)[C@@H](OC(C)=O)/C=C/[C@@H]1C.O=CO. The maximum atomic E-state index is 12.9. The number of ether oxygens (including phenoxy) is 4. The van der Waals surface area contributed by atoms with E-state index in [9.17, 15) is 24.9 Å². The molecule has 0 bridgehead atoms. The van der Waals surface area contributed by atoms with Gasteiger partial charge >= 0.3 is 11.9 Å². The molecule has 3 unspecified atom stereocenters. The fourth-order valence-corrected chi connectivity index (χ4v) is 7.03. The maximum Gasteiger partial charge on any atom is 0.309 e. The molecule has 3 rings (SSSR count). The molecule has 53 heavy (non-hydrogen) atoms. The lowest BCUT2D eigenvalue weighted by atomic mass is 9.87. The molecule has 0 aliphatic carbocycles. The van der Waals surface area contributed by atoms with Crippen molar-refractivity contribution in [3.63, 3.8) is 0 Å². The molecule has 12 nitrogen and oxygen atoms in total. The summed E-state index contributed by atoms with van der Waals surface area (Å²) in [5, 5.41) is 44.9. The molecule has 11 atom stereocenters. The molecule has 1 saturated heterocycles. The van der Waals surface area contributed by atoms with Crippen molar-refractivity contribution >= 4 is 41.6 Å². The fraction of sp³-hybridized carbons (Fsp3) is 0.615. The van der Waals surface area contributed by atoms with Crippen LogP contribution in [0.3, 0.4) is 0 Å². The number of benzene rings is 1. The van der Waals surface area contributed by atoms with Gasteiger partial charge < -0.3 is 44.7 Å². The number of nitrogens with one attached hydrogen (secondary N) is 1. The highest BCUT2D eigenvalue weighted by atomic mass is 35.5. The van der Waals surface area contributed by atoms with E-state index in [2.05, 4.69) is 19.2 Å². The monoisotopic (exact) mass is 785 g/mol. The van der Waals surface area contributed by atoms with E-state index in [-0.39, 0.29) is 50.0 Å². The Hall–Kier alpha value is -2.81. The quantitative estimate of drug-likeness (QED) is 0.0552. The zero-order valence-corrected chi connectivity index (χ0v) is 33.3. The normalized spacial score (nSPS) is 30.2. The van der Waals surface area contributed by atoms with Gasteiger partial charge in [-0.3, -0.25) is 14.4 Å². The van der Waals surface area contributed by atoms with Gasteiger partial charge in [-0.1, -0.05) is 74.3 Å². The molecular weight excluding hydrogens is 729 g/mol. The minimum absolute atomic E-state index is 0.00340. The molecule has 2 heterocycles. The van der Waals surface area contributed by atoms with Crippen molar-refractivity contribution in [3.8, 4) is 0 Å². The van der Waals surface area contributed by atoms with Gasteiger partial charge in [-0.2, -0.15) is 0 Å². The van der Waals surface area contributed by atoms with Crippen LogP contribution < -0.4 is 5.32 Å². The van der Waals surface area contributed by atoms with Crippen LogP contribution >= 0.6 is 23.2 Å². The zero-order valence-electron chi connectivity index (χ0n) is 31.8. The molecule has 298 valence electrons. The number of cyclic esters (lactones) is 1. The highest BCUT2D eigenvalue weighted by Crippen LogP contribution is 2.39. The smallest absolute Gasteiger partial charge is 0.309 e. The van der Waals surface area contributed by atoms with E-state index in [0.29, 0.717) is 22.2 Å². The van der Waals surface area contributed by atoms with Crippen molar-refractivity contribution < 1.29 is 53.8 Å². The number of carbonyl (C=O) groups is 3. The number of carboxylic acid groups (broad SMARTS) is 1. The van der Waals surface area contributed by atoms with Crippen molar-refractivity contribution in [2.45, 2.75) is 135 Å². The van der Waals surface area contributed by atoms with Crippen molar-refractivity contribution in [1.29, 1.82) is 0 Å². The minimum Gasteiger partial charge on any atom is -0.483 e. The second-order valence-corrected chi connectivity index (χ2v) is 15.1. The van der Waals surface area contributed by atoms with E-state index in [1.54, 1.807) is 63.5 Å². The first-order valence-corrected chi connectivity index (χ1v) is 18.5. The standard InChI is InChI=1S/C38H55Cl2NO9.CH2O2/c1-9-30(47-8)24(4)34-35(50-34)36(41-21-26-13-14-27(39)19-29(26)40)38(7,46)17-10-11-22(2)33-23(3)12-15-31(48-25(5)42)37(6,45)18-16-28(43)20-32(44)49-33;2-1-3/h10-15,17,19,23-24,28,30-31,33-36,41,43,45-46H,9,16,18,20-21H2,1-8H3;1H,(H,2,3)/b15-12+,17-10+,22-11+;/t23-,24+,28+,30-,31-,33?,34+,35-,36?,37+,38?;/m0./s1. The number of rotatable bonds is 13. The number of aliphatic hydroxyl groups excluding tert-OH is 1. The summed E-state index contributed by atoms with van der Waals surface area (Å²) in [5.41, 5.74) is -1.38. The highest BCUT2D eigenvalue weighted by Gasteiger charge is 2.54. The number of esters is 2. The first-order valence-electron chi connectivity index (χ1n) is 17.8. The molecule has 2 aliphatic rings. The molecule has 0 spiro atoms. The molecule has 0 amide bonds. The number of hydrogen-bond donors (Lipinski definition) is 5. The number of hydrogen-bond acceptors (Lipinski definition) is 11. The predicted octanol–water partition coefficient (Wildman–Crippen LogP) is 5.57. The average Bonchev–Trinajstić information content (AvgIpc) is 3.86. The third-order valence-corrected chi connectivity index (χ3v) is 10.3. The van der Waals surface area contributed by atoms with Gasteiger partial charge in [0.25, 0.3) is 6.47 Å². The van der Waals surface area contributed by atoms with Crippen molar-refractivity contribution in [2.24, 2.45) is 11.8 Å². The lowest BCUT2D eigenvalue weighted by Crippen LogP contribution is -2.52. The Bertz CT molecular complexity index is 1440. The third-order valence-electron chi connectivity index (χ3n) is 9.72. The first kappa shape index (κ1) is 46.3. The molecule has 0 aromatic heterocycles. The van der Waals surface area contributed by atoms with E-state index >= 15 is 0 Å². The fourth-order valence-electron chi connectivity index (χ4n) is 6.56. The molecular formula is C39H57Cl2NO11. The van der Waals surface area contributed by atoms with Gasteiger partial charge in [-0.05, 0) is 69.4 Å². The van der Waals surface area contributed by atoms with Crippen LogP contribution in [0.25, 0.3) is 0 Å². The summed E-state index contributed by atoms with van der Waals surface area (Å²) in [6, 6.07) is 4.74. The summed E-state index contributed by atoms with van der Waals surface area (Å²) < 4.78 is 23.1. The Balaban J connectivity index is 0.00000313. The maximum absolute atomic E-state index is 12.9. The van der Waals surface area contributed by atoms with E-state index in [4.69, 9.17) is 52.1 Å². The van der Waals surface area contributed by atoms with Crippen LogP contribution in [0.15, 0.2) is 54.2 Å². The lowest BCUT2D eigenvalue weighted by molar-refractivity contribution is -0.157. The second-order valence-electron chi connectivity index (χ2n) is 14.2. The van der Waals surface area contributed by atoms with Crippen LogP contribution in [0, 0.1) is 11.8 Å². The summed E-state index contributed by atoms with van der Waals surface area (Å²) in [7, 11) is 1.69. The molecule has 14 heteroatoms. The Kier molecular flexibility index (Phi) is 18.6. The topological polar surface area (TPSA) is 184 Å². The van der Waals surface area contributed by atoms with Gasteiger partial charge in [-0.25, -0.2) is 0 Å². The van der Waals surface area contributed by atoms with E-state index in [1.165, 1.54) is 13.8 Å². The van der Waals surface area contributed by atoms with Gasteiger partial charge in [0.05, 0.1) is 36.4 Å². The van der Waals surface area contributed by atoms with Crippen LogP contribution in [0.5, 0.6) is 0 Å². The molecule has 0 saturated carbocycles. The second kappa shape index (κ2) is 21.3. The van der Waals surface area contributed by atoms with Gasteiger partial charge in [0.2, 0.25) is 0 Å². The van der Waals surface area contributed by atoms with E-state index in [1.807, 2.05) is 13.0 Å². The highest BCUT2D eigenvalue weighted by molar-refractivity contribution is 6.35. The van der Waals surface area contributed by atoms with Gasteiger partial charge in [-0.15, -0.1) is 0 Å². The van der Waals surface area contributed by atoms with E-state index < -0.39 is 53.4 Å². The molecule has 5 N–H and O–H groups in total. The van der Waals surface area contributed by atoms with Crippen LogP contribution in [-0.2, 0) is 39.9 Å². The summed E-state index contributed by atoms with van der Waals surface area (Å²) in [6.45, 7) is 12.4. The molecule has 1 aromatic carbocycles. The van der Waals surface area contributed by atoms with E-state index in [0.717, 1.165) is 12.0 Å². The Labute approximate surface area is 323 Å². The van der Waals surface area contributed by atoms with Gasteiger partial charge in [0.15, 0.2) is 0 Å². The predicted molar refractivity (Wildman–Crippen MR) is 202 cm³/mol. The summed E-state index contributed by atoms with van der Waals surface area (Å²) in [5.74, 6) is -1.45.